The zero-order valence-electron chi connectivity index (χ0n) is 10.6. The van der Waals surface area contributed by atoms with Crippen LogP contribution in [-0.2, 0) is 4.79 Å². The predicted octanol–water partition coefficient (Wildman–Crippen LogP) is 2.44. The molecule has 0 aromatic heterocycles. The summed E-state index contributed by atoms with van der Waals surface area (Å²) < 4.78 is 0. The third kappa shape index (κ3) is 3.95. The van der Waals surface area contributed by atoms with Gasteiger partial charge in [-0.3, -0.25) is 0 Å². The number of aliphatic carboxylic acids is 1. The summed E-state index contributed by atoms with van der Waals surface area (Å²) in [6, 6.07) is 7.90. The van der Waals surface area contributed by atoms with Crippen molar-refractivity contribution in [3.63, 3.8) is 0 Å². The predicted molar refractivity (Wildman–Crippen MR) is 71.3 cm³/mol. The van der Waals surface area contributed by atoms with Crippen LogP contribution in [0.5, 0.6) is 0 Å². The van der Waals surface area contributed by atoms with E-state index in [9.17, 15) is 4.79 Å². The molecule has 0 radical (unpaired) electrons. The Morgan fingerprint density at radius 2 is 2.28 bits per heavy atom. The topological polar surface area (TPSA) is 64.3 Å². The van der Waals surface area contributed by atoms with Crippen molar-refractivity contribution in [2.45, 2.75) is 13.3 Å². The van der Waals surface area contributed by atoms with Gasteiger partial charge in [0.1, 0.15) is 0 Å². The maximum Gasteiger partial charge on any atom is 0.328 e. The van der Waals surface area contributed by atoms with E-state index in [-0.39, 0.29) is 0 Å². The first-order valence-electron chi connectivity index (χ1n) is 5.64. The molecule has 0 saturated carbocycles. The summed E-state index contributed by atoms with van der Waals surface area (Å²) in [7, 11) is 1.93. The van der Waals surface area contributed by atoms with Crippen molar-refractivity contribution in [1.82, 2.24) is 0 Å². The van der Waals surface area contributed by atoms with Gasteiger partial charge in [-0.1, -0.05) is 6.07 Å². The first-order chi connectivity index (χ1) is 8.54. The summed E-state index contributed by atoms with van der Waals surface area (Å²) in [6.07, 6.45) is 3.19. The third-order valence-electron chi connectivity index (χ3n) is 2.66. The molecule has 0 atom stereocenters. The number of carboxylic acid groups (broad SMARTS) is 1. The molecule has 1 aromatic rings. The van der Waals surface area contributed by atoms with Crippen molar-refractivity contribution in [1.29, 1.82) is 5.26 Å². The fraction of sp³-hybridized carbons (Fsp3) is 0.286. The molecule has 0 unspecified atom stereocenters. The molecule has 94 valence electrons. The zero-order chi connectivity index (χ0) is 13.5. The average molecular weight is 244 g/mol. The van der Waals surface area contributed by atoms with Crippen LogP contribution in [0.2, 0.25) is 0 Å². The van der Waals surface area contributed by atoms with Crippen LogP contribution in [0.15, 0.2) is 24.3 Å². The monoisotopic (exact) mass is 244 g/mol. The number of rotatable bonds is 5. The van der Waals surface area contributed by atoms with Crippen molar-refractivity contribution in [2.24, 2.45) is 0 Å². The van der Waals surface area contributed by atoms with Crippen molar-refractivity contribution < 1.29 is 9.90 Å². The van der Waals surface area contributed by atoms with E-state index >= 15 is 0 Å². The summed E-state index contributed by atoms with van der Waals surface area (Å²) in [5, 5.41) is 17.1. The fourth-order valence-corrected chi connectivity index (χ4v) is 1.59. The Balaban J connectivity index is 2.85. The molecule has 4 heteroatoms. The minimum absolute atomic E-state index is 0.482. The highest BCUT2D eigenvalue weighted by molar-refractivity contribution is 5.85. The first-order valence-corrected chi connectivity index (χ1v) is 5.64. The second-order valence-electron chi connectivity index (χ2n) is 4.04. The highest BCUT2D eigenvalue weighted by Gasteiger charge is 2.02. The fourth-order valence-electron chi connectivity index (χ4n) is 1.59. The van der Waals surface area contributed by atoms with E-state index in [4.69, 9.17) is 10.4 Å². The summed E-state index contributed by atoms with van der Waals surface area (Å²) in [4.78, 5) is 12.5. The van der Waals surface area contributed by atoms with E-state index in [1.54, 1.807) is 6.08 Å². The molecular weight excluding hydrogens is 228 g/mol. The number of aryl methyl sites for hydroxylation is 1. The molecule has 0 aliphatic heterocycles. The number of benzene rings is 1. The lowest BCUT2D eigenvalue weighted by Crippen LogP contribution is -2.18. The van der Waals surface area contributed by atoms with Gasteiger partial charge in [0.25, 0.3) is 0 Å². The van der Waals surface area contributed by atoms with E-state index in [2.05, 4.69) is 6.07 Å². The van der Waals surface area contributed by atoms with Crippen molar-refractivity contribution in [3.05, 3.63) is 35.4 Å². The normalized spacial score (nSPS) is 10.3. The van der Waals surface area contributed by atoms with Gasteiger partial charge >= 0.3 is 5.97 Å². The van der Waals surface area contributed by atoms with Crippen LogP contribution in [0.3, 0.4) is 0 Å². The molecule has 1 rings (SSSR count). The molecule has 0 amide bonds. The second-order valence-corrected chi connectivity index (χ2v) is 4.04. The molecule has 0 fully saturated rings. The molecule has 0 aliphatic rings. The summed E-state index contributed by atoms with van der Waals surface area (Å²) in [5.74, 6) is -0.954. The lowest BCUT2D eigenvalue weighted by molar-refractivity contribution is -0.131. The van der Waals surface area contributed by atoms with E-state index in [0.29, 0.717) is 13.0 Å². The molecule has 0 spiro atoms. The van der Waals surface area contributed by atoms with Crippen molar-refractivity contribution in [2.75, 3.05) is 18.5 Å². The van der Waals surface area contributed by atoms with Crippen LogP contribution < -0.4 is 4.90 Å². The van der Waals surface area contributed by atoms with Crippen molar-refractivity contribution >= 4 is 17.7 Å². The van der Waals surface area contributed by atoms with Crippen LogP contribution in [0.4, 0.5) is 5.69 Å². The number of hydrogen-bond acceptors (Lipinski definition) is 3. The van der Waals surface area contributed by atoms with Gasteiger partial charge in [0.05, 0.1) is 12.5 Å². The average Bonchev–Trinajstić information content (AvgIpc) is 2.34. The Morgan fingerprint density at radius 3 is 2.83 bits per heavy atom. The molecule has 4 nitrogen and oxygen atoms in total. The molecular formula is C14H16N2O2. The lowest BCUT2D eigenvalue weighted by atomic mass is 10.1. The smallest absolute Gasteiger partial charge is 0.328 e. The van der Waals surface area contributed by atoms with Crippen molar-refractivity contribution in [3.8, 4) is 6.07 Å². The van der Waals surface area contributed by atoms with Gasteiger partial charge in [-0.15, -0.1) is 0 Å². The maximum absolute atomic E-state index is 10.5. The Bertz CT molecular complexity index is 501. The number of carbonyl (C=O) groups is 1. The number of carboxylic acids is 1. The Hall–Kier alpha value is -2.28. The maximum atomic E-state index is 10.5. The molecule has 18 heavy (non-hydrogen) atoms. The largest absolute Gasteiger partial charge is 0.478 e. The summed E-state index contributed by atoms with van der Waals surface area (Å²) in [6.45, 7) is 2.61. The highest BCUT2D eigenvalue weighted by atomic mass is 16.4. The van der Waals surface area contributed by atoms with E-state index in [0.717, 1.165) is 22.9 Å². The minimum Gasteiger partial charge on any atom is -0.478 e. The zero-order valence-corrected chi connectivity index (χ0v) is 10.6. The standard InChI is InChI=1S/C14H16N2O2/c1-11-10-13(16(2)9-3-8-15)6-4-12(11)5-7-14(17)18/h4-7,10H,3,9H2,1-2H3,(H,17,18). The van der Waals surface area contributed by atoms with E-state index in [1.807, 2.05) is 37.1 Å². The third-order valence-corrected chi connectivity index (χ3v) is 2.66. The van der Waals surface area contributed by atoms with Crippen LogP contribution >= 0.6 is 0 Å². The SMILES string of the molecule is Cc1cc(N(C)CCC#N)ccc1C=CC(=O)O. The van der Waals surface area contributed by atoms with Gasteiger partial charge in [-0.25, -0.2) is 4.79 Å². The molecule has 0 bridgehead atoms. The summed E-state index contributed by atoms with van der Waals surface area (Å²) >= 11 is 0. The number of anilines is 1. The van der Waals surface area contributed by atoms with Crippen LogP contribution in [0.1, 0.15) is 17.5 Å². The number of hydrogen-bond donors (Lipinski definition) is 1. The Labute approximate surface area is 107 Å². The van der Waals surface area contributed by atoms with Crippen LogP contribution in [-0.4, -0.2) is 24.7 Å². The van der Waals surface area contributed by atoms with Gasteiger partial charge in [0.15, 0.2) is 0 Å². The summed E-state index contributed by atoms with van der Waals surface area (Å²) in [5.41, 5.74) is 2.92. The molecule has 1 aromatic carbocycles. The van der Waals surface area contributed by atoms with E-state index in [1.165, 1.54) is 0 Å². The van der Waals surface area contributed by atoms with Gasteiger partial charge in [0, 0.05) is 25.4 Å². The van der Waals surface area contributed by atoms with Gasteiger partial charge < -0.3 is 10.0 Å². The van der Waals surface area contributed by atoms with Crippen LogP contribution in [0, 0.1) is 18.3 Å². The highest BCUT2D eigenvalue weighted by Crippen LogP contribution is 2.19. The second kappa shape index (κ2) is 6.45. The number of nitriles is 1. The minimum atomic E-state index is -0.954. The first kappa shape index (κ1) is 13.8. The van der Waals surface area contributed by atoms with Crippen LogP contribution in [0.25, 0.3) is 6.08 Å². The lowest BCUT2D eigenvalue weighted by Gasteiger charge is -2.18. The molecule has 1 N–H and O–H groups in total. The van der Waals surface area contributed by atoms with E-state index < -0.39 is 5.97 Å². The van der Waals surface area contributed by atoms with Gasteiger partial charge in [-0.2, -0.15) is 5.26 Å². The number of nitrogens with zero attached hydrogens (tertiary/aromatic N) is 2. The molecule has 0 aliphatic carbocycles. The van der Waals surface area contributed by atoms with Gasteiger partial charge in [-0.05, 0) is 36.3 Å². The Morgan fingerprint density at radius 1 is 1.56 bits per heavy atom. The molecule has 0 heterocycles. The van der Waals surface area contributed by atoms with Gasteiger partial charge in [0.2, 0.25) is 0 Å². The Kier molecular flexibility index (Phi) is 4.94. The quantitative estimate of drug-likeness (QED) is 0.808. The molecule has 0 saturated heterocycles.